The van der Waals surface area contributed by atoms with Crippen LogP contribution in [0, 0.1) is 6.92 Å². The number of carbonyl (C=O) groups is 1. The molecule has 7 heteroatoms. The van der Waals surface area contributed by atoms with Crippen LogP contribution < -0.4 is 9.04 Å². The van der Waals surface area contributed by atoms with Crippen molar-refractivity contribution in [2.24, 2.45) is 0 Å². The van der Waals surface area contributed by atoms with Gasteiger partial charge >= 0.3 is 0 Å². The van der Waals surface area contributed by atoms with E-state index in [1.807, 2.05) is 55.5 Å². The van der Waals surface area contributed by atoms with Crippen LogP contribution in [-0.4, -0.2) is 39.6 Å². The summed E-state index contributed by atoms with van der Waals surface area (Å²) in [6.07, 6.45) is 1.19. The van der Waals surface area contributed by atoms with Crippen molar-refractivity contribution in [1.29, 1.82) is 0 Å². The van der Waals surface area contributed by atoms with Crippen molar-refractivity contribution in [1.82, 2.24) is 4.90 Å². The molecule has 0 heterocycles. The van der Waals surface area contributed by atoms with Crippen molar-refractivity contribution in [2.45, 2.75) is 20.0 Å². The summed E-state index contributed by atoms with van der Waals surface area (Å²) >= 11 is 0. The number of amides is 1. The molecule has 0 atom stereocenters. The van der Waals surface area contributed by atoms with Gasteiger partial charge in [0.05, 0.1) is 25.6 Å². The SMILES string of the molecule is COc1ccccc1CN(C)C(=O)c1ccc(N(Cc2ccccc2C)S(C)(=O)=O)cc1. The van der Waals surface area contributed by atoms with Gasteiger partial charge in [0.2, 0.25) is 10.0 Å². The number of hydrogen-bond donors (Lipinski definition) is 0. The van der Waals surface area contributed by atoms with Crippen molar-refractivity contribution in [3.63, 3.8) is 0 Å². The minimum absolute atomic E-state index is 0.160. The summed E-state index contributed by atoms with van der Waals surface area (Å²) in [6, 6.07) is 21.9. The van der Waals surface area contributed by atoms with Gasteiger partial charge in [0.25, 0.3) is 5.91 Å². The Kier molecular flexibility index (Phi) is 7.20. The first-order chi connectivity index (χ1) is 15.2. The van der Waals surface area contributed by atoms with E-state index in [0.717, 1.165) is 22.4 Å². The lowest BCUT2D eigenvalue weighted by Crippen LogP contribution is -2.30. The molecule has 0 bridgehead atoms. The predicted molar refractivity (Wildman–Crippen MR) is 127 cm³/mol. The molecule has 6 nitrogen and oxygen atoms in total. The second-order valence-electron chi connectivity index (χ2n) is 7.72. The van der Waals surface area contributed by atoms with Crippen LogP contribution in [0.4, 0.5) is 5.69 Å². The summed E-state index contributed by atoms with van der Waals surface area (Å²) in [4.78, 5) is 14.5. The largest absolute Gasteiger partial charge is 0.496 e. The van der Waals surface area contributed by atoms with Gasteiger partial charge < -0.3 is 9.64 Å². The number of methoxy groups -OCH3 is 1. The molecule has 0 aliphatic carbocycles. The Balaban J connectivity index is 1.80. The first-order valence-corrected chi connectivity index (χ1v) is 12.0. The second-order valence-corrected chi connectivity index (χ2v) is 9.62. The zero-order chi connectivity index (χ0) is 23.3. The molecular weight excluding hydrogens is 424 g/mol. The molecule has 3 aromatic rings. The van der Waals surface area contributed by atoms with E-state index in [4.69, 9.17) is 4.74 Å². The fourth-order valence-electron chi connectivity index (χ4n) is 3.49. The van der Waals surface area contributed by atoms with Crippen molar-refractivity contribution in [2.75, 3.05) is 24.7 Å². The average molecular weight is 453 g/mol. The van der Waals surface area contributed by atoms with Crippen LogP contribution in [0.3, 0.4) is 0 Å². The minimum Gasteiger partial charge on any atom is -0.496 e. The van der Waals surface area contributed by atoms with Gasteiger partial charge in [-0.2, -0.15) is 0 Å². The first-order valence-electron chi connectivity index (χ1n) is 10.2. The summed E-state index contributed by atoms with van der Waals surface area (Å²) in [5, 5.41) is 0. The summed E-state index contributed by atoms with van der Waals surface area (Å²) in [5.41, 5.74) is 3.85. The Hall–Kier alpha value is -3.32. The molecule has 3 rings (SSSR count). The molecule has 0 N–H and O–H groups in total. The van der Waals surface area contributed by atoms with E-state index >= 15 is 0 Å². The number of anilines is 1. The Morgan fingerprint density at radius 2 is 1.47 bits per heavy atom. The zero-order valence-corrected chi connectivity index (χ0v) is 19.6. The van der Waals surface area contributed by atoms with Crippen molar-refractivity contribution >= 4 is 21.6 Å². The molecular formula is C25H28N2O4S. The minimum atomic E-state index is -3.51. The van der Waals surface area contributed by atoms with Gasteiger partial charge in [-0.15, -0.1) is 0 Å². The van der Waals surface area contributed by atoms with Crippen LogP contribution in [0.25, 0.3) is 0 Å². The highest BCUT2D eigenvalue weighted by Gasteiger charge is 2.20. The van der Waals surface area contributed by atoms with Crippen LogP contribution in [0.5, 0.6) is 5.75 Å². The van der Waals surface area contributed by atoms with Crippen molar-refractivity contribution in [3.05, 3.63) is 95.1 Å². The van der Waals surface area contributed by atoms with E-state index in [-0.39, 0.29) is 12.5 Å². The number of aryl methyl sites for hydroxylation is 1. The monoisotopic (exact) mass is 452 g/mol. The Morgan fingerprint density at radius 3 is 2.06 bits per heavy atom. The maximum atomic E-state index is 12.9. The van der Waals surface area contributed by atoms with Gasteiger partial charge in [0.15, 0.2) is 0 Å². The van der Waals surface area contributed by atoms with E-state index in [9.17, 15) is 13.2 Å². The summed E-state index contributed by atoms with van der Waals surface area (Å²) in [6.45, 7) is 2.58. The number of para-hydroxylation sites is 1. The van der Waals surface area contributed by atoms with Crippen molar-refractivity contribution in [3.8, 4) is 5.75 Å². The molecule has 0 fully saturated rings. The topological polar surface area (TPSA) is 66.9 Å². The van der Waals surface area contributed by atoms with Crippen LogP contribution >= 0.6 is 0 Å². The summed E-state index contributed by atoms with van der Waals surface area (Å²) in [5.74, 6) is 0.565. The van der Waals surface area contributed by atoms with Gasteiger partial charge in [-0.1, -0.05) is 42.5 Å². The van der Waals surface area contributed by atoms with Gasteiger partial charge in [-0.25, -0.2) is 8.42 Å². The molecule has 0 saturated carbocycles. The number of nitrogens with zero attached hydrogens (tertiary/aromatic N) is 2. The van der Waals surface area contributed by atoms with Crippen LogP contribution in [-0.2, 0) is 23.1 Å². The molecule has 32 heavy (non-hydrogen) atoms. The number of hydrogen-bond acceptors (Lipinski definition) is 4. The number of ether oxygens (including phenoxy) is 1. The number of rotatable bonds is 8. The van der Waals surface area contributed by atoms with Crippen LogP contribution in [0.15, 0.2) is 72.8 Å². The molecule has 0 aliphatic heterocycles. The van der Waals surface area contributed by atoms with Gasteiger partial charge in [-0.05, 0) is 48.4 Å². The molecule has 0 spiro atoms. The molecule has 168 valence electrons. The molecule has 3 aromatic carbocycles. The molecule has 0 saturated heterocycles. The third-order valence-corrected chi connectivity index (χ3v) is 6.47. The Morgan fingerprint density at radius 1 is 0.875 bits per heavy atom. The number of benzene rings is 3. The number of sulfonamides is 1. The normalized spacial score (nSPS) is 11.1. The smallest absolute Gasteiger partial charge is 0.253 e. The second kappa shape index (κ2) is 9.87. The van der Waals surface area contributed by atoms with Gasteiger partial charge in [0, 0.05) is 24.7 Å². The zero-order valence-electron chi connectivity index (χ0n) is 18.8. The fourth-order valence-corrected chi connectivity index (χ4v) is 4.37. The average Bonchev–Trinajstić information content (AvgIpc) is 2.77. The van der Waals surface area contributed by atoms with E-state index < -0.39 is 10.0 Å². The Labute approximate surface area is 190 Å². The lowest BCUT2D eigenvalue weighted by Gasteiger charge is -2.24. The molecule has 0 aliphatic rings. The summed E-state index contributed by atoms with van der Waals surface area (Å²) in [7, 11) is -0.180. The lowest BCUT2D eigenvalue weighted by atomic mass is 10.1. The highest BCUT2D eigenvalue weighted by atomic mass is 32.2. The predicted octanol–water partition coefficient (Wildman–Crippen LogP) is 4.24. The van der Waals surface area contributed by atoms with E-state index in [1.54, 1.807) is 43.3 Å². The highest BCUT2D eigenvalue weighted by molar-refractivity contribution is 7.92. The fraction of sp³-hybridized carbons (Fsp3) is 0.240. The Bertz CT molecular complexity index is 1190. The van der Waals surface area contributed by atoms with Crippen molar-refractivity contribution < 1.29 is 17.9 Å². The summed E-state index contributed by atoms with van der Waals surface area (Å²) < 4.78 is 31.7. The number of carbonyl (C=O) groups excluding carboxylic acids is 1. The third kappa shape index (κ3) is 5.48. The third-order valence-electron chi connectivity index (χ3n) is 5.32. The van der Waals surface area contributed by atoms with Gasteiger partial charge in [0.1, 0.15) is 5.75 Å². The first kappa shape index (κ1) is 23.3. The highest BCUT2D eigenvalue weighted by Crippen LogP contribution is 2.24. The molecule has 1 amide bonds. The van der Waals surface area contributed by atoms with E-state index in [1.165, 1.54) is 10.6 Å². The standard InChI is InChI=1S/C25H28N2O4S/c1-19-9-5-6-10-21(19)18-27(32(4,29)30)23-15-13-20(14-16-23)25(28)26(2)17-22-11-7-8-12-24(22)31-3/h5-16H,17-18H2,1-4H3. The molecule has 0 unspecified atom stereocenters. The molecule has 0 radical (unpaired) electrons. The van der Waals surface area contributed by atoms with E-state index in [0.29, 0.717) is 17.8 Å². The van der Waals surface area contributed by atoms with E-state index in [2.05, 4.69) is 0 Å². The van der Waals surface area contributed by atoms with Gasteiger partial charge in [-0.3, -0.25) is 9.10 Å². The van der Waals surface area contributed by atoms with Crippen LogP contribution in [0.1, 0.15) is 27.0 Å². The maximum Gasteiger partial charge on any atom is 0.253 e. The maximum absolute atomic E-state index is 12.9. The quantitative estimate of drug-likeness (QED) is 0.513. The van der Waals surface area contributed by atoms with Crippen LogP contribution in [0.2, 0.25) is 0 Å². The lowest BCUT2D eigenvalue weighted by molar-refractivity contribution is 0.0784. The molecule has 0 aromatic heterocycles.